The van der Waals surface area contributed by atoms with Crippen LogP contribution in [0.1, 0.15) is 26.2 Å². The summed E-state index contributed by atoms with van der Waals surface area (Å²) in [6.45, 7) is 2.82. The molecule has 0 aliphatic heterocycles. The maximum Gasteiger partial charge on any atom is 0.214 e. The van der Waals surface area contributed by atoms with Crippen LogP contribution in [0.5, 0.6) is 0 Å². The third kappa shape index (κ3) is 4.09. The largest absolute Gasteiger partial charge is 0.313 e. The van der Waals surface area contributed by atoms with E-state index in [4.69, 9.17) is 0 Å². The summed E-state index contributed by atoms with van der Waals surface area (Å²) in [6, 6.07) is 0.525. The molecule has 4 nitrogen and oxygen atoms in total. The zero-order chi connectivity index (χ0) is 11.5. The van der Waals surface area contributed by atoms with Crippen LogP contribution in [-0.4, -0.2) is 45.2 Å². The van der Waals surface area contributed by atoms with Crippen molar-refractivity contribution in [1.82, 2.24) is 9.62 Å². The van der Waals surface area contributed by atoms with Gasteiger partial charge in [0.2, 0.25) is 10.0 Å². The first kappa shape index (κ1) is 12.9. The Morgan fingerprint density at radius 3 is 2.47 bits per heavy atom. The average molecular weight is 234 g/mol. The van der Waals surface area contributed by atoms with E-state index in [0.717, 1.165) is 5.92 Å². The Morgan fingerprint density at radius 2 is 2.00 bits per heavy atom. The van der Waals surface area contributed by atoms with Gasteiger partial charge in [0.1, 0.15) is 0 Å². The first-order chi connectivity index (χ1) is 6.92. The molecule has 0 bridgehead atoms. The van der Waals surface area contributed by atoms with Crippen LogP contribution in [0, 0.1) is 5.92 Å². The van der Waals surface area contributed by atoms with Gasteiger partial charge in [-0.3, -0.25) is 0 Å². The zero-order valence-corrected chi connectivity index (χ0v) is 10.7. The summed E-state index contributed by atoms with van der Waals surface area (Å²) in [5, 5.41) is 3.32. The molecule has 1 saturated carbocycles. The lowest BCUT2D eigenvalue weighted by Crippen LogP contribution is -2.35. The van der Waals surface area contributed by atoms with Gasteiger partial charge in [-0.1, -0.05) is 6.92 Å². The Morgan fingerprint density at radius 1 is 1.33 bits per heavy atom. The first-order valence-corrected chi connectivity index (χ1v) is 7.16. The molecule has 0 aromatic carbocycles. The molecule has 0 aromatic heterocycles. The molecule has 1 aliphatic rings. The van der Waals surface area contributed by atoms with Crippen LogP contribution in [0.15, 0.2) is 0 Å². The minimum Gasteiger partial charge on any atom is -0.313 e. The van der Waals surface area contributed by atoms with E-state index in [9.17, 15) is 8.42 Å². The highest BCUT2D eigenvalue weighted by molar-refractivity contribution is 7.89. The minimum absolute atomic E-state index is 0.199. The van der Waals surface area contributed by atoms with E-state index in [-0.39, 0.29) is 5.75 Å². The van der Waals surface area contributed by atoms with E-state index in [1.807, 2.05) is 0 Å². The van der Waals surface area contributed by atoms with Gasteiger partial charge in [-0.2, -0.15) is 0 Å². The van der Waals surface area contributed by atoms with Gasteiger partial charge in [0, 0.05) is 26.7 Å². The van der Waals surface area contributed by atoms with Crippen LogP contribution in [0.4, 0.5) is 0 Å². The summed E-state index contributed by atoms with van der Waals surface area (Å²) in [5.41, 5.74) is 0. The first-order valence-electron chi connectivity index (χ1n) is 5.55. The van der Waals surface area contributed by atoms with Crippen LogP contribution in [-0.2, 0) is 10.0 Å². The second-order valence-electron chi connectivity index (χ2n) is 4.67. The van der Waals surface area contributed by atoms with Crippen molar-refractivity contribution in [2.45, 2.75) is 32.2 Å². The molecule has 1 rings (SSSR count). The number of sulfonamides is 1. The Kier molecular flexibility index (Phi) is 4.55. The molecule has 2 unspecified atom stereocenters. The predicted molar refractivity (Wildman–Crippen MR) is 62.3 cm³/mol. The molecule has 5 heteroatoms. The molecule has 15 heavy (non-hydrogen) atoms. The minimum atomic E-state index is -3.03. The standard InChI is InChI=1S/C10H22N2O2S/c1-9-4-5-10(8-9)11-6-7-15(13,14)12(2)3/h9-11H,4-8H2,1-3H3. The molecular formula is C10H22N2O2S. The fraction of sp³-hybridized carbons (Fsp3) is 1.00. The van der Waals surface area contributed by atoms with Crippen LogP contribution >= 0.6 is 0 Å². The number of nitrogens with one attached hydrogen (secondary N) is 1. The highest BCUT2D eigenvalue weighted by Gasteiger charge is 2.21. The van der Waals surface area contributed by atoms with Crippen molar-refractivity contribution >= 4 is 10.0 Å². The van der Waals surface area contributed by atoms with Crippen molar-refractivity contribution in [2.75, 3.05) is 26.4 Å². The van der Waals surface area contributed by atoms with E-state index in [1.165, 1.54) is 23.6 Å². The summed E-state index contributed by atoms with van der Waals surface area (Å²) < 4.78 is 24.2. The average Bonchev–Trinajstić information content (AvgIpc) is 2.51. The van der Waals surface area contributed by atoms with Gasteiger partial charge in [0.15, 0.2) is 0 Å². The zero-order valence-electron chi connectivity index (χ0n) is 9.86. The molecule has 0 radical (unpaired) electrons. The highest BCUT2D eigenvalue weighted by atomic mass is 32.2. The fourth-order valence-electron chi connectivity index (χ4n) is 1.97. The fourth-order valence-corrected chi connectivity index (χ4v) is 2.71. The van der Waals surface area contributed by atoms with Crippen molar-refractivity contribution in [2.24, 2.45) is 5.92 Å². The van der Waals surface area contributed by atoms with Gasteiger partial charge in [0.05, 0.1) is 5.75 Å². The molecule has 1 aliphatic carbocycles. The van der Waals surface area contributed by atoms with Crippen molar-refractivity contribution < 1.29 is 8.42 Å². The SMILES string of the molecule is CC1CCC(NCCS(=O)(=O)N(C)C)C1. The van der Waals surface area contributed by atoms with Crippen molar-refractivity contribution in [1.29, 1.82) is 0 Å². The number of nitrogens with zero attached hydrogens (tertiary/aromatic N) is 1. The molecule has 0 aromatic rings. The third-order valence-electron chi connectivity index (χ3n) is 3.04. The summed E-state index contributed by atoms with van der Waals surface area (Å²) in [4.78, 5) is 0. The summed E-state index contributed by atoms with van der Waals surface area (Å²) >= 11 is 0. The van der Waals surface area contributed by atoms with E-state index < -0.39 is 10.0 Å². The van der Waals surface area contributed by atoms with Gasteiger partial charge in [0.25, 0.3) is 0 Å². The second-order valence-corrected chi connectivity index (χ2v) is 6.97. The van der Waals surface area contributed by atoms with E-state index >= 15 is 0 Å². The monoisotopic (exact) mass is 234 g/mol. The molecule has 0 amide bonds. The van der Waals surface area contributed by atoms with Gasteiger partial charge < -0.3 is 5.32 Å². The predicted octanol–water partition coefficient (Wildman–Crippen LogP) is 0.656. The van der Waals surface area contributed by atoms with Crippen LogP contribution < -0.4 is 5.32 Å². The molecule has 0 saturated heterocycles. The smallest absolute Gasteiger partial charge is 0.214 e. The van der Waals surface area contributed by atoms with Gasteiger partial charge in [-0.25, -0.2) is 12.7 Å². The highest BCUT2D eigenvalue weighted by Crippen LogP contribution is 2.24. The molecule has 1 N–H and O–H groups in total. The lowest BCUT2D eigenvalue weighted by Gasteiger charge is -2.14. The third-order valence-corrected chi connectivity index (χ3v) is 4.88. The van der Waals surface area contributed by atoms with Gasteiger partial charge in [-0.15, -0.1) is 0 Å². The second kappa shape index (κ2) is 5.27. The summed E-state index contributed by atoms with van der Waals surface area (Å²) in [5.74, 6) is 0.984. The Balaban J connectivity index is 2.22. The normalized spacial score (nSPS) is 27.5. The van der Waals surface area contributed by atoms with Gasteiger partial charge >= 0.3 is 0 Å². The van der Waals surface area contributed by atoms with Crippen LogP contribution in [0.2, 0.25) is 0 Å². The van der Waals surface area contributed by atoms with Crippen molar-refractivity contribution in [3.8, 4) is 0 Å². The van der Waals surface area contributed by atoms with Crippen LogP contribution in [0.25, 0.3) is 0 Å². The number of hydrogen-bond acceptors (Lipinski definition) is 3. The Labute approximate surface area is 93.1 Å². The maximum absolute atomic E-state index is 11.5. The van der Waals surface area contributed by atoms with Crippen molar-refractivity contribution in [3.63, 3.8) is 0 Å². The molecule has 90 valence electrons. The topological polar surface area (TPSA) is 49.4 Å². The Hall–Kier alpha value is -0.130. The number of hydrogen-bond donors (Lipinski definition) is 1. The maximum atomic E-state index is 11.5. The lowest BCUT2D eigenvalue weighted by molar-refractivity contribution is 0.497. The van der Waals surface area contributed by atoms with Crippen molar-refractivity contribution in [3.05, 3.63) is 0 Å². The van der Waals surface area contributed by atoms with E-state index in [2.05, 4.69) is 12.2 Å². The lowest BCUT2D eigenvalue weighted by atomic mass is 10.1. The summed E-state index contributed by atoms with van der Waals surface area (Å²) in [6.07, 6.45) is 3.63. The van der Waals surface area contributed by atoms with Gasteiger partial charge in [-0.05, 0) is 25.2 Å². The van der Waals surface area contributed by atoms with E-state index in [0.29, 0.717) is 12.6 Å². The molecule has 0 heterocycles. The van der Waals surface area contributed by atoms with E-state index in [1.54, 1.807) is 14.1 Å². The molecule has 2 atom stereocenters. The number of rotatable bonds is 5. The molecule has 1 fully saturated rings. The van der Waals surface area contributed by atoms with Crippen LogP contribution in [0.3, 0.4) is 0 Å². The Bertz CT molecular complexity index is 288. The molecule has 0 spiro atoms. The summed E-state index contributed by atoms with van der Waals surface area (Å²) in [7, 11) is 0.120. The quantitative estimate of drug-likeness (QED) is 0.760. The molecular weight excluding hydrogens is 212 g/mol.